The second kappa shape index (κ2) is 5.21. The van der Waals surface area contributed by atoms with Crippen molar-refractivity contribution in [1.82, 2.24) is 5.43 Å². The first-order chi connectivity index (χ1) is 9.11. The van der Waals surface area contributed by atoms with Crippen molar-refractivity contribution in [1.29, 1.82) is 0 Å². The Hall–Kier alpha value is -2.83. The summed E-state index contributed by atoms with van der Waals surface area (Å²) in [5, 5.41) is 3.87. The monoisotopic (exact) mass is 261 g/mol. The Labute approximate surface area is 107 Å². The van der Waals surface area contributed by atoms with Crippen molar-refractivity contribution >= 4 is 23.2 Å². The zero-order valence-corrected chi connectivity index (χ0v) is 10.0. The number of ether oxygens (including phenoxy) is 1. The van der Waals surface area contributed by atoms with Gasteiger partial charge < -0.3 is 14.9 Å². The van der Waals surface area contributed by atoms with Gasteiger partial charge in [0.2, 0.25) is 5.43 Å². The van der Waals surface area contributed by atoms with Crippen molar-refractivity contribution in [3.05, 3.63) is 40.2 Å². The lowest BCUT2D eigenvalue weighted by molar-refractivity contribution is 0.249. The van der Waals surface area contributed by atoms with Crippen LogP contribution < -0.4 is 21.3 Å². The summed E-state index contributed by atoms with van der Waals surface area (Å²) in [6.45, 7) is 0. The fraction of sp³-hybridized carbons (Fsp3) is 0.0833. The molecule has 1 heterocycles. The molecule has 2 amide bonds. The Morgan fingerprint density at radius 1 is 1.53 bits per heavy atom. The van der Waals surface area contributed by atoms with Gasteiger partial charge >= 0.3 is 6.03 Å². The van der Waals surface area contributed by atoms with Crippen LogP contribution in [0.4, 0.5) is 4.79 Å². The molecule has 1 aromatic heterocycles. The summed E-state index contributed by atoms with van der Waals surface area (Å²) in [6, 6.07) is 4.08. The minimum absolute atomic E-state index is 0.189. The van der Waals surface area contributed by atoms with Gasteiger partial charge in [-0.05, 0) is 18.2 Å². The molecule has 0 aliphatic rings. The maximum Gasteiger partial charge on any atom is 0.332 e. The Morgan fingerprint density at radius 3 is 3.00 bits per heavy atom. The molecule has 0 atom stereocenters. The second-order valence-electron chi connectivity index (χ2n) is 3.62. The Bertz CT molecular complexity index is 706. The first-order valence-electron chi connectivity index (χ1n) is 5.30. The standard InChI is InChI=1S/C12H11N3O4/c1-18-8-2-3-10-9(4-8)11(16)7(6-19-10)5-14-15-12(13)17/h2-6H,1H3,(H3,13,15,17)/b14-5+. The van der Waals surface area contributed by atoms with Gasteiger partial charge in [-0.25, -0.2) is 10.2 Å². The lowest BCUT2D eigenvalue weighted by Crippen LogP contribution is -2.24. The normalized spacial score (nSPS) is 10.8. The van der Waals surface area contributed by atoms with E-state index in [1.54, 1.807) is 18.2 Å². The molecule has 0 aliphatic heterocycles. The van der Waals surface area contributed by atoms with Crippen LogP contribution in [0.1, 0.15) is 5.56 Å². The number of rotatable bonds is 3. The summed E-state index contributed by atoms with van der Waals surface area (Å²) in [5.74, 6) is 0.546. The van der Waals surface area contributed by atoms with Gasteiger partial charge in [0.05, 0.1) is 24.3 Å². The lowest BCUT2D eigenvalue weighted by atomic mass is 10.2. The van der Waals surface area contributed by atoms with Crippen LogP contribution in [0.5, 0.6) is 5.75 Å². The first kappa shape index (κ1) is 12.6. The molecule has 2 rings (SSSR count). The van der Waals surface area contributed by atoms with E-state index < -0.39 is 6.03 Å². The van der Waals surface area contributed by atoms with Crippen LogP contribution in [0.15, 0.2) is 38.8 Å². The molecule has 98 valence electrons. The third kappa shape index (κ3) is 2.71. The summed E-state index contributed by atoms with van der Waals surface area (Å²) in [4.78, 5) is 22.6. The number of hydrazone groups is 1. The number of carbonyl (C=O) groups excluding carboxylic acids is 1. The quantitative estimate of drug-likeness (QED) is 0.629. The van der Waals surface area contributed by atoms with Crippen molar-refractivity contribution in [2.75, 3.05) is 7.11 Å². The average Bonchev–Trinajstić information content (AvgIpc) is 2.41. The Balaban J connectivity index is 2.47. The molecule has 0 radical (unpaired) electrons. The minimum atomic E-state index is -0.817. The van der Waals surface area contributed by atoms with Gasteiger partial charge in [-0.1, -0.05) is 0 Å². The fourth-order valence-corrected chi connectivity index (χ4v) is 1.51. The molecule has 0 spiro atoms. The number of hydrogen-bond acceptors (Lipinski definition) is 5. The van der Waals surface area contributed by atoms with E-state index in [2.05, 4.69) is 5.10 Å². The summed E-state index contributed by atoms with van der Waals surface area (Å²) in [7, 11) is 1.50. The summed E-state index contributed by atoms with van der Waals surface area (Å²) in [5.41, 5.74) is 7.18. The summed E-state index contributed by atoms with van der Waals surface area (Å²) >= 11 is 0. The molecule has 1 aromatic carbocycles. The average molecular weight is 261 g/mol. The molecule has 7 heteroatoms. The van der Waals surface area contributed by atoms with Crippen LogP contribution in [0.3, 0.4) is 0 Å². The molecule has 0 bridgehead atoms. The van der Waals surface area contributed by atoms with E-state index in [4.69, 9.17) is 14.9 Å². The SMILES string of the molecule is COc1ccc2occ(/C=N/NC(N)=O)c(=O)c2c1. The van der Waals surface area contributed by atoms with Crippen molar-refractivity contribution in [2.24, 2.45) is 10.8 Å². The van der Waals surface area contributed by atoms with Crippen LogP contribution in [-0.4, -0.2) is 19.4 Å². The topological polar surface area (TPSA) is 107 Å². The Kier molecular flexibility index (Phi) is 3.46. The third-order valence-electron chi connectivity index (χ3n) is 2.38. The van der Waals surface area contributed by atoms with E-state index >= 15 is 0 Å². The number of nitrogens with zero attached hydrogens (tertiary/aromatic N) is 1. The third-order valence-corrected chi connectivity index (χ3v) is 2.38. The maximum atomic E-state index is 12.1. The first-order valence-corrected chi connectivity index (χ1v) is 5.30. The number of amides is 2. The van der Waals surface area contributed by atoms with Crippen molar-refractivity contribution < 1.29 is 13.9 Å². The van der Waals surface area contributed by atoms with E-state index in [1.807, 2.05) is 5.43 Å². The maximum absolute atomic E-state index is 12.1. The molecule has 0 saturated carbocycles. The van der Waals surface area contributed by atoms with Crippen molar-refractivity contribution in [3.8, 4) is 5.75 Å². The summed E-state index contributed by atoms with van der Waals surface area (Å²) in [6.07, 6.45) is 2.42. The predicted octanol–water partition coefficient (Wildman–Crippen LogP) is 0.804. The molecular formula is C12H11N3O4. The highest BCUT2D eigenvalue weighted by molar-refractivity contribution is 5.87. The molecule has 0 fully saturated rings. The van der Waals surface area contributed by atoms with Crippen LogP contribution in [-0.2, 0) is 0 Å². The zero-order valence-electron chi connectivity index (χ0n) is 10.0. The lowest BCUT2D eigenvalue weighted by Gasteiger charge is -2.01. The highest BCUT2D eigenvalue weighted by Gasteiger charge is 2.06. The number of nitrogens with two attached hydrogens (primary N) is 1. The van der Waals surface area contributed by atoms with Crippen LogP contribution in [0.25, 0.3) is 11.0 Å². The van der Waals surface area contributed by atoms with Crippen LogP contribution in [0.2, 0.25) is 0 Å². The van der Waals surface area contributed by atoms with Gasteiger partial charge in [0.25, 0.3) is 0 Å². The molecule has 0 saturated heterocycles. The zero-order chi connectivity index (χ0) is 13.8. The highest BCUT2D eigenvalue weighted by Crippen LogP contribution is 2.18. The van der Waals surface area contributed by atoms with Gasteiger partial charge in [0, 0.05) is 0 Å². The van der Waals surface area contributed by atoms with Gasteiger partial charge in [-0.3, -0.25) is 4.79 Å². The smallest absolute Gasteiger partial charge is 0.332 e. The number of primary amides is 1. The van der Waals surface area contributed by atoms with Gasteiger partial charge in [-0.2, -0.15) is 5.10 Å². The molecule has 2 aromatic rings. The molecule has 0 unspecified atom stereocenters. The molecular weight excluding hydrogens is 250 g/mol. The van der Waals surface area contributed by atoms with Crippen molar-refractivity contribution in [2.45, 2.75) is 0 Å². The van der Waals surface area contributed by atoms with Crippen molar-refractivity contribution in [3.63, 3.8) is 0 Å². The number of carbonyl (C=O) groups is 1. The fourth-order valence-electron chi connectivity index (χ4n) is 1.51. The molecule has 3 N–H and O–H groups in total. The summed E-state index contributed by atoms with van der Waals surface area (Å²) < 4.78 is 10.3. The second-order valence-corrected chi connectivity index (χ2v) is 3.62. The van der Waals surface area contributed by atoms with Crippen LogP contribution >= 0.6 is 0 Å². The van der Waals surface area contributed by atoms with Crippen LogP contribution in [0, 0.1) is 0 Å². The molecule has 0 aliphatic carbocycles. The number of hydrogen-bond donors (Lipinski definition) is 2. The molecule has 7 nitrogen and oxygen atoms in total. The van der Waals surface area contributed by atoms with Gasteiger partial charge in [0.1, 0.15) is 17.6 Å². The Morgan fingerprint density at radius 2 is 2.32 bits per heavy atom. The highest BCUT2D eigenvalue weighted by atomic mass is 16.5. The van der Waals surface area contributed by atoms with E-state index in [0.29, 0.717) is 16.7 Å². The van der Waals surface area contributed by atoms with E-state index in [0.717, 1.165) is 6.21 Å². The largest absolute Gasteiger partial charge is 0.497 e. The van der Waals surface area contributed by atoms with Gasteiger partial charge in [0.15, 0.2) is 0 Å². The van der Waals surface area contributed by atoms with Gasteiger partial charge in [-0.15, -0.1) is 0 Å². The number of nitrogens with one attached hydrogen (secondary N) is 1. The number of fused-ring (bicyclic) bond motifs is 1. The minimum Gasteiger partial charge on any atom is -0.497 e. The molecule has 19 heavy (non-hydrogen) atoms. The predicted molar refractivity (Wildman–Crippen MR) is 69.3 cm³/mol. The number of urea groups is 1. The van der Waals surface area contributed by atoms with E-state index in [9.17, 15) is 9.59 Å². The number of benzene rings is 1. The van der Waals surface area contributed by atoms with E-state index in [1.165, 1.54) is 13.4 Å². The van der Waals surface area contributed by atoms with E-state index in [-0.39, 0.29) is 11.0 Å². The number of methoxy groups -OCH3 is 1.